The molecule has 0 bridgehead atoms. The second kappa shape index (κ2) is 4.59. The molecule has 1 unspecified atom stereocenters. The summed E-state index contributed by atoms with van der Waals surface area (Å²) in [5, 5.41) is 0. The molecule has 2 aromatic rings. The van der Waals surface area contributed by atoms with Crippen LogP contribution in [0.5, 0.6) is 5.75 Å². The van der Waals surface area contributed by atoms with Gasteiger partial charge in [-0.3, -0.25) is 4.98 Å². The van der Waals surface area contributed by atoms with E-state index in [0.29, 0.717) is 5.75 Å². The van der Waals surface area contributed by atoms with Crippen molar-refractivity contribution in [2.24, 2.45) is 5.73 Å². The van der Waals surface area contributed by atoms with Crippen LogP contribution in [0.2, 0.25) is 0 Å². The lowest BCUT2D eigenvalue weighted by Gasteiger charge is -2.13. The first kappa shape index (κ1) is 11.7. The molecule has 0 amide bonds. The molecule has 2 N–H and O–H groups in total. The van der Waals surface area contributed by atoms with Gasteiger partial charge in [0.1, 0.15) is 23.0 Å². The minimum Gasteiger partial charge on any atom is -0.495 e. The van der Waals surface area contributed by atoms with E-state index >= 15 is 0 Å². The molecule has 1 atom stereocenters. The van der Waals surface area contributed by atoms with Crippen LogP contribution >= 0.6 is 0 Å². The molecule has 17 heavy (non-hydrogen) atoms. The van der Waals surface area contributed by atoms with E-state index in [1.165, 1.54) is 0 Å². The van der Waals surface area contributed by atoms with Gasteiger partial charge in [0, 0.05) is 11.8 Å². The van der Waals surface area contributed by atoms with Crippen LogP contribution in [-0.4, -0.2) is 12.1 Å². The third-order valence-electron chi connectivity index (χ3n) is 2.73. The molecule has 0 spiro atoms. The van der Waals surface area contributed by atoms with Crippen LogP contribution in [0.25, 0.3) is 0 Å². The van der Waals surface area contributed by atoms with E-state index in [2.05, 4.69) is 4.98 Å². The monoisotopic (exact) mass is 232 g/mol. The zero-order valence-corrected chi connectivity index (χ0v) is 10.2. The quantitative estimate of drug-likeness (QED) is 0.882. The Morgan fingerprint density at radius 2 is 2.18 bits per heavy atom. The molecule has 0 aliphatic heterocycles. The number of furan rings is 1. The van der Waals surface area contributed by atoms with Crippen molar-refractivity contribution < 1.29 is 9.15 Å². The molecule has 0 aromatic carbocycles. The van der Waals surface area contributed by atoms with Crippen molar-refractivity contribution in [1.82, 2.24) is 4.98 Å². The molecule has 90 valence electrons. The second-order valence-electron chi connectivity index (χ2n) is 3.94. The van der Waals surface area contributed by atoms with Crippen molar-refractivity contribution in [3.63, 3.8) is 0 Å². The van der Waals surface area contributed by atoms with Gasteiger partial charge in [0.2, 0.25) is 0 Å². The topological polar surface area (TPSA) is 61.3 Å². The highest BCUT2D eigenvalue weighted by molar-refractivity contribution is 5.38. The smallest absolute Gasteiger partial charge is 0.142 e. The number of pyridine rings is 1. The first-order valence-electron chi connectivity index (χ1n) is 5.45. The average Bonchev–Trinajstić information content (AvgIpc) is 2.67. The van der Waals surface area contributed by atoms with Gasteiger partial charge in [0.25, 0.3) is 0 Å². The van der Waals surface area contributed by atoms with E-state index < -0.39 is 0 Å². The van der Waals surface area contributed by atoms with Gasteiger partial charge in [-0.25, -0.2) is 0 Å². The van der Waals surface area contributed by atoms with Gasteiger partial charge in [-0.1, -0.05) is 0 Å². The number of hydrogen-bond donors (Lipinski definition) is 1. The largest absolute Gasteiger partial charge is 0.495 e. The first-order chi connectivity index (χ1) is 8.13. The van der Waals surface area contributed by atoms with Crippen LogP contribution < -0.4 is 10.5 Å². The van der Waals surface area contributed by atoms with Crippen molar-refractivity contribution in [2.75, 3.05) is 7.11 Å². The third kappa shape index (κ3) is 2.17. The Hall–Kier alpha value is -1.81. The van der Waals surface area contributed by atoms with Crippen molar-refractivity contribution in [1.29, 1.82) is 0 Å². The Balaban J connectivity index is 2.43. The maximum absolute atomic E-state index is 6.20. The fourth-order valence-electron chi connectivity index (χ4n) is 1.92. The molecule has 4 heteroatoms. The summed E-state index contributed by atoms with van der Waals surface area (Å²) in [6.07, 6.45) is 1.71. The van der Waals surface area contributed by atoms with Crippen LogP contribution in [0.15, 0.2) is 28.8 Å². The zero-order chi connectivity index (χ0) is 12.4. The summed E-state index contributed by atoms with van der Waals surface area (Å²) in [6, 6.07) is 5.28. The summed E-state index contributed by atoms with van der Waals surface area (Å²) < 4.78 is 10.7. The molecule has 2 rings (SSSR count). The third-order valence-corrected chi connectivity index (χ3v) is 2.73. The van der Waals surface area contributed by atoms with Crippen molar-refractivity contribution in [3.05, 3.63) is 47.2 Å². The van der Waals surface area contributed by atoms with Gasteiger partial charge in [-0.05, 0) is 32.0 Å². The van der Waals surface area contributed by atoms with Crippen molar-refractivity contribution in [3.8, 4) is 5.75 Å². The molecule has 0 saturated carbocycles. The number of nitrogens with zero attached hydrogens (tertiary/aromatic N) is 1. The number of methoxy groups -OCH3 is 1. The highest BCUT2D eigenvalue weighted by atomic mass is 16.5. The van der Waals surface area contributed by atoms with Crippen LogP contribution in [0.1, 0.15) is 28.8 Å². The molecule has 2 aromatic heterocycles. The number of aryl methyl sites for hydroxylation is 2. The molecule has 2 heterocycles. The lowest BCUT2D eigenvalue weighted by atomic mass is 10.0. The number of rotatable bonds is 3. The van der Waals surface area contributed by atoms with Gasteiger partial charge in [0.15, 0.2) is 0 Å². The molecule has 0 aliphatic carbocycles. The fraction of sp³-hybridized carbons (Fsp3) is 0.308. The van der Waals surface area contributed by atoms with E-state index in [4.69, 9.17) is 14.9 Å². The Morgan fingerprint density at radius 3 is 2.76 bits per heavy atom. The summed E-state index contributed by atoms with van der Waals surface area (Å²) in [5.74, 6) is 2.36. The molecule has 0 fully saturated rings. The van der Waals surface area contributed by atoms with E-state index in [1.54, 1.807) is 13.3 Å². The summed E-state index contributed by atoms with van der Waals surface area (Å²) in [4.78, 5) is 4.28. The molecule has 4 nitrogen and oxygen atoms in total. The number of ether oxygens (including phenoxy) is 1. The van der Waals surface area contributed by atoms with E-state index in [1.807, 2.05) is 32.0 Å². The summed E-state index contributed by atoms with van der Waals surface area (Å²) in [5.41, 5.74) is 7.87. The predicted octanol–water partition coefficient (Wildman–Crippen LogP) is 2.35. The van der Waals surface area contributed by atoms with Gasteiger partial charge < -0.3 is 14.9 Å². The standard InChI is InChI=1S/C13H16N2O2/c1-8-7-10(9(2)17-8)12(14)13-11(16-3)5-4-6-15-13/h4-7,12H,14H2,1-3H3. The van der Waals surface area contributed by atoms with Crippen molar-refractivity contribution >= 4 is 0 Å². The number of hydrogen-bond acceptors (Lipinski definition) is 4. The minimum atomic E-state index is -0.330. The van der Waals surface area contributed by atoms with Crippen LogP contribution in [-0.2, 0) is 0 Å². The van der Waals surface area contributed by atoms with Gasteiger partial charge in [-0.15, -0.1) is 0 Å². The zero-order valence-electron chi connectivity index (χ0n) is 10.2. The van der Waals surface area contributed by atoms with E-state index in [0.717, 1.165) is 22.8 Å². The summed E-state index contributed by atoms with van der Waals surface area (Å²) in [7, 11) is 1.61. The van der Waals surface area contributed by atoms with Gasteiger partial charge in [-0.2, -0.15) is 0 Å². The highest BCUT2D eigenvalue weighted by Gasteiger charge is 2.19. The summed E-state index contributed by atoms with van der Waals surface area (Å²) in [6.45, 7) is 3.80. The molecule has 0 aliphatic rings. The molecule has 0 radical (unpaired) electrons. The second-order valence-corrected chi connectivity index (χ2v) is 3.94. The Labute approximate surface area is 100 Å². The highest BCUT2D eigenvalue weighted by Crippen LogP contribution is 2.29. The Kier molecular flexibility index (Phi) is 3.15. The minimum absolute atomic E-state index is 0.330. The normalized spacial score (nSPS) is 12.5. The van der Waals surface area contributed by atoms with Gasteiger partial charge in [0.05, 0.1) is 13.2 Å². The maximum Gasteiger partial charge on any atom is 0.142 e. The number of aromatic nitrogens is 1. The lowest BCUT2D eigenvalue weighted by Crippen LogP contribution is -2.15. The fourth-order valence-corrected chi connectivity index (χ4v) is 1.92. The Bertz CT molecular complexity index is 520. The maximum atomic E-state index is 6.20. The first-order valence-corrected chi connectivity index (χ1v) is 5.45. The summed E-state index contributed by atoms with van der Waals surface area (Å²) >= 11 is 0. The van der Waals surface area contributed by atoms with E-state index in [-0.39, 0.29) is 6.04 Å². The Morgan fingerprint density at radius 1 is 1.41 bits per heavy atom. The lowest BCUT2D eigenvalue weighted by molar-refractivity contribution is 0.404. The van der Waals surface area contributed by atoms with Crippen molar-refractivity contribution in [2.45, 2.75) is 19.9 Å². The van der Waals surface area contributed by atoms with Crippen LogP contribution in [0.4, 0.5) is 0 Å². The van der Waals surface area contributed by atoms with Crippen LogP contribution in [0, 0.1) is 13.8 Å². The molecular formula is C13H16N2O2. The van der Waals surface area contributed by atoms with Crippen LogP contribution in [0.3, 0.4) is 0 Å². The molecule has 0 saturated heterocycles. The molecular weight excluding hydrogens is 216 g/mol. The van der Waals surface area contributed by atoms with E-state index in [9.17, 15) is 0 Å². The predicted molar refractivity (Wildman–Crippen MR) is 65.0 cm³/mol. The van der Waals surface area contributed by atoms with Gasteiger partial charge >= 0.3 is 0 Å². The number of nitrogens with two attached hydrogens (primary N) is 1. The SMILES string of the molecule is COc1cccnc1C(N)c1cc(C)oc1C. The average molecular weight is 232 g/mol.